The highest BCUT2D eigenvalue weighted by Gasteiger charge is 2.40. The average Bonchev–Trinajstić information content (AvgIpc) is 3.73. The van der Waals surface area contributed by atoms with Gasteiger partial charge in [0.25, 0.3) is 5.91 Å². The summed E-state index contributed by atoms with van der Waals surface area (Å²) in [5.74, 6) is 1.37. The Labute approximate surface area is 219 Å². The predicted octanol–water partition coefficient (Wildman–Crippen LogP) is 4.21. The number of nitrogens with one attached hydrogen (secondary N) is 4. The van der Waals surface area contributed by atoms with E-state index in [0.717, 1.165) is 73.7 Å². The SMILES string of the molecule is O=C(NC1(c2nccs2)CCCC1)c1cccc(NC2(c3nc(-c4ccncc4)n[nH]3)CCNCC2)c1. The van der Waals surface area contributed by atoms with E-state index >= 15 is 0 Å². The number of hydrogen-bond acceptors (Lipinski definition) is 8. The fraction of sp³-hybridized carbons (Fsp3) is 0.370. The normalized spacial score (nSPS) is 18.4. The molecule has 1 aromatic carbocycles. The molecule has 1 saturated carbocycles. The standard InChI is InChI=1S/C27H30N8OS/c36-23(33-27(8-1-2-9-27)25-30-16-17-37-25)20-4-3-5-21(18-20)32-26(10-14-29-15-11-26)24-31-22(34-35-24)19-6-12-28-13-7-19/h3-7,12-13,16-18,29,32H,1-2,8-11,14-15H2,(H,33,36)(H,31,34,35). The summed E-state index contributed by atoms with van der Waals surface area (Å²) in [5.41, 5.74) is 1.64. The molecule has 1 aliphatic carbocycles. The van der Waals surface area contributed by atoms with Crippen molar-refractivity contribution in [1.29, 1.82) is 0 Å². The Hall–Kier alpha value is -3.63. The first kappa shape index (κ1) is 23.7. The van der Waals surface area contributed by atoms with E-state index in [-0.39, 0.29) is 11.4 Å². The van der Waals surface area contributed by atoms with Crippen LogP contribution in [-0.4, -0.2) is 44.1 Å². The number of benzene rings is 1. The van der Waals surface area contributed by atoms with Crippen LogP contribution in [0.15, 0.2) is 60.4 Å². The third-order valence-corrected chi connectivity index (χ3v) is 8.47. The molecule has 0 radical (unpaired) electrons. The van der Waals surface area contributed by atoms with Crippen LogP contribution in [0.3, 0.4) is 0 Å². The number of rotatable bonds is 7. The van der Waals surface area contributed by atoms with E-state index in [0.29, 0.717) is 11.4 Å². The molecule has 4 aromatic rings. The summed E-state index contributed by atoms with van der Waals surface area (Å²) >= 11 is 1.62. The monoisotopic (exact) mass is 514 g/mol. The number of amides is 1. The Kier molecular flexibility index (Phi) is 6.43. The number of hydrogen-bond donors (Lipinski definition) is 4. The lowest BCUT2D eigenvalue weighted by molar-refractivity contribution is 0.0898. The van der Waals surface area contributed by atoms with Crippen molar-refractivity contribution in [3.63, 3.8) is 0 Å². The van der Waals surface area contributed by atoms with Crippen molar-refractivity contribution in [2.24, 2.45) is 0 Å². The minimum absolute atomic E-state index is 0.0697. The molecule has 10 heteroatoms. The Morgan fingerprint density at radius 1 is 0.973 bits per heavy atom. The number of aromatic nitrogens is 5. The van der Waals surface area contributed by atoms with Gasteiger partial charge in [-0.25, -0.2) is 9.97 Å². The van der Waals surface area contributed by atoms with E-state index in [4.69, 9.17) is 4.98 Å². The molecule has 0 spiro atoms. The van der Waals surface area contributed by atoms with Gasteiger partial charge in [0, 0.05) is 40.8 Å². The average molecular weight is 515 g/mol. The van der Waals surface area contributed by atoms with Crippen molar-refractivity contribution in [2.75, 3.05) is 18.4 Å². The number of piperidine rings is 1. The fourth-order valence-corrected chi connectivity index (χ4v) is 6.37. The van der Waals surface area contributed by atoms with Gasteiger partial charge in [0.1, 0.15) is 5.01 Å². The zero-order valence-corrected chi connectivity index (χ0v) is 21.4. The van der Waals surface area contributed by atoms with Gasteiger partial charge in [0.15, 0.2) is 11.6 Å². The molecule has 37 heavy (non-hydrogen) atoms. The zero-order chi connectivity index (χ0) is 25.1. The van der Waals surface area contributed by atoms with Crippen molar-refractivity contribution in [3.05, 3.63) is 76.8 Å². The third kappa shape index (κ3) is 4.74. The molecule has 9 nitrogen and oxygen atoms in total. The van der Waals surface area contributed by atoms with Crippen molar-refractivity contribution in [2.45, 2.75) is 49.6 Å². The molecule has 0 unspecified atom stereocenters. The molecule has 0 bridgehead atoms. The van der Waals surface area contributed by atoms with Gasteiger partial charge in [0.05, 0.1) is 11.1 Å². The maximum Gasteiger partial charge on any atom is 0.252 e. The van der Waals surface area contributed by atoms with E-state index in [9.17, 15) is 4.79 Å². The second kappa shape index (κ2) is 10.0. The van der Waals surface area contributed by atoms with Gasteiger partial charge in [-0.15, -0.1) is 11.3 Å². The zero-order valence-electron chi connectivity index (χ0n) is 20.5. The highest BCUT2D eigenvalue weighted by Crippen LogP contribution is 2.40. The first-order valence-electron chi connectivity index (χ1n) is 12.8. The number of H-pyrrole nitrogens is 1. The van der Waals surface area contributed by atoms with Gasteiger partial charge in [-0.3, -0.25) is 14.9 Å². The molecule has 1 aliphatic heterocycles. The van der Waals surface area contributed by atoms with Crippen LogP contribution >= 0.6 is 11.3 Å². The summed E-state index contributed by atoms with van der Waals surface area (Å²) in [4.78, 5) is 26.9. The smallest absolute Gasteiger partial charge is 0.252 e. The number of aromatic amines is 1. The minimum atomic E-state index is -0.424. The maximum absolute atomic E-state index is 13.4. The Morgan fingerprint density at radius 2 is 1.78 bits per heavy atom. The lowest BCUT2D eigenvalue weighted by Gasteiger charge is -2.37. The van der Waals surface area contributed by atoms with Gasteiger partial charge in [-0.05, 0) is 69.1 Å². The number of anilines is 1. The molecule has 2 fully saturated rings. The lowest BCUT2D eigenvalue weighted by atomic mass is 9.87. The van der Waals surface area contributed by atoms with E-state index in [2.05, 4.69) is 36.1 Å². The Bertz CT molecular complexity index is 1340. The van der Waals surface area contributed by atoms with Crippen LogP contribution in [-0.2, 0) is 11.1 Å². The van der Waals surface area contributed by atoms with Crippen LogP contribution in [0.2, 0.25) is 0 Å². The number of carbonyl (C=O) groups excluding carboxylic acids is 1. The van der Waals surface area contributed by atoms with Crippen molar-refractivity contribution >= 4 is 22.9 Å². The Balaban J connectivity index is 1.25. The molecule has 4 heterocycles. The third-order valence-electron chi connectivity index (χ3n) is 7.49. The largest absolute Gasteiger partial charge is 0.373 e. The van der Waals surface area contributed by atoms with Gasteiger partial charge >= 0.3 is 0 Å². The summed E-state index contributed by atoms with van der Waals surface area (Å²) < 4.78 is 0. The van der Waals surface area contributed by atoms with Crippen molar-refractivity contribution in [1.82, 2.24) is 35.8 Å². The quantitative estimate of drug-likeness (QED) is 0.291. The van der Waals surface area contributed by atoms with Crippen LogP contribution in [0.25, 0.3) is 11.4 Å². The lowest BCUT2D eigenvalue weighted by Crippen LogP contribution is -2.46. The molecule has 0 atom stereocenters. The second-order valence-corrected chi connectivity index (χ2v) is 10.8. The first-order chi connectivity index (χ1) is 18.2. The molecule has 6 rings (SSSR count). The first-order valence-corrected chi connectivity index (χ1v) is 13.7. The topological polar surface area (TPSA) is 121 Å². The van der Waals surface area contributed by atoms with Crippen LogP contribution in [0.1, 0.15) is 59.7 Å². The van der Waals surface area contributed by atoms with Crippen LogP contribution in [0, 0.1) is 0 Å². The molecular weight excluding hydrogens is 484 g/mol. The highest BCUT2D eigenvalue weighted by molar-refractivity contribution is 7.09. The highest BCUT2D eigenvalue weighted by atomic mass is 32.1. The Morgan fingerprint density at radius 3 is 2.54 bits per heavy atom. The molecule has 1 saturated heterocycles. The van der Waals surface area contributed by atoms with Gasteiger partial charge in [-0.2, -0.15) is 5.10 Å². The molecule has 2 aliphatic rings. The molecule has 3 aromatic heterocycles. The number of nitrogens with zero attached hydrogens (tertiary/aromatic N) is 4. The summed E-state index contributed by atoms with van der Waals surface area (Å²) in [7, 11) is 0. The van der Waals surface area contributed by atoms with E-state index in [1.165, 1.54) is 0 Å². The maximum atomic E-state index is 13.4. The molecule has 190 valence electrons. The minimum Gasteiger partial charge on any atom is -0.373 e. The van der Waals surface area contributed by atoms with Gasteiger partial charge < -0.3 is 16.0 Å². The van der Waals surface area contributed by atoms with Gasteiger partial charge in [-0.1, -0.05) is 18.9 Å². The molecule has 4 N–H and O–H groups in total. The summed E-state index contributed by atoms with van der Waals surface area (Å²) in [6.45, 7) is 1.71. The van der Waals surface area contributed by atoms with Crippen molar-refractivity contribution in [3.8, 4) is 11.4 Å². The van der Waals surface area contributed by atoms with E-state index < -0.39 is 5.54 Å². The van der Waals surface area contributed by atoms with Crippen LogP contribution in [0.5, 0.6) is 0 Å². The van der Waals surface area contributed by atoms with Crippen molar-refractivity contribution < 1.29 is 4.79 Å². The number of carbonyl (C=O) groups is 1. The summed E-state index contributed by atoms with van der Waals surface area (Å²) in [5, 5.41) is 21.2. The van der Waals surface area contributed by atoms with Gasteiger partial charge in [0.2, 0.25) is 0 Å². The molecular formula is C27H30N8OS. The molecule has 1 amide bonds. The second-order valence-electron chi connectivity index (χ2n) is 9.86. The summed E-state index contributed by atoms with van der Waals surface area (Å²) in [6, 6.07) is 11.5. The fourth-order valence-electron chi connectivity index (χ4n) is 5.52. The van der Waals surface area contributed by atoms with Crippen LogP contribution in [0.4, 0.5) is 5.69 Å². The summed E-state index contributed by atoms with van der Waals surface area (Å²) in [6.07, 6.45) is 11.0. The number of thiazole rings is 1. The van der Waals surface area contributed by atoms with Crippen LogP contribution < -0.4 is 16.0 Å². The predicted molar refractivity (Wildman–Crippen MR) is 143 cm³/mol. The number of pyridine rings is 1. The van der Waals surface area contributed by atoms with E-state index in [1.807, 2.05) is 48.0 Å². The van der Waals surface area contributed by atoms with E-state index in [1.54, 1.807) is 23.7 Å².